The second-order valence-electron chi connectivity index (χ2n) is 6.82. The number of hydrogen-bond donors (Lipinski definition) is 1. The normalized spacial score (nSPS) is 10.9. The molecule has 0 radical (unpaired) electrons. The molecule has 0 bridgehead atoms. The van der Waals surface area contributed by atoms with E-state index in [1.807, 2.05) is 55.5 Å². The second-order valence-corrected chi connectivity index (χ2v) is 6.82. The number of pyridine rings is 1. The molecule has 2 aromatic heterocycles. The maximum Gasteiger partial charge on any atom is 0.160 e. The van der Waals surface area contributed by atoms with Crippen LogP contribution in [0, 0.1) is 18.6 Å². The Morgan fingerprint density at radius 3 is 2.53 bits per heavy atom. The zero-order chi connectivity index (χ0) is 20.9. The Kier molecular flexibility index (Phi) is 5.81. The number of aromatic nitrogens is 3. The predicted molar refractivity (Wildman–Crippen MR) is 111 cm³/mol. The van der Waals surface area contributed by atoms with Gasteiger partial charge in [-0.05, 0) is 36.8 Å². The highest BCUT2D eigenvalue weighted by atomic mass is 19.2. The molecule has 2 heterocycles. The smallest absolute Gasteiger partial charge is 0.160 e. The van der Waals surface area contributed by atoms with Crippen LogP contribution in [0.2, 0.25) is 0 Å². The summed E-state index contributed by atoms with van der Waals surface area (Å²) in [5.74, 6) is -1.32. The molecular weight excluding hydrogens is 386 g/mol. The van der Waals surface area contributed by atoms with Crippen molar-refractivity contribution in [1.29, 1.82) is 0 Å². The molecule has 0 spiro atoms. The highest BCUT2D eigenvalue weighted by molar-refractivity contribution is 5.57. The first-order chi connectivity index (χ1) is 14.6. The maximum absolute atomic E-state index is 13.5. The third-order valence-electron chi connectivity index (χ3n) is 4.46. The predicted octanol–water partition coefficient (Wildman–Crippen LogP) is 5.31. The van der Waals surface area contributed by atoms with Gasteiger partial charge in [-0.2, -0.15) is 0 Å². The van der Waals surface area contributed by atoms with Crippen LogP contribution < -0.4 is 5.32 Å². The molecule has 4 rings (SSSR count). The molecule has 4 aromatic rings. The van der Waals surface area contributed by atoms with Crippen molar-refractivity contribution in [3.05, 3.63) is 102 Å². The van der Waals surface area contributed by atoms with Crippen molar-refractivity contribution in [2.75, 3.05) is 5.32 Å². The van der Waals surface area contributed by atoms with E-state index in [0.717, 1.165) is 34.8 Å². The minimum absolute atomic E-state index is 0.322. The van der Waals surface area contributed by atoms with Crippen LogP contribution in [0.5, 0.6) is 0 Å². The summed E-state index contributed by atoms with van der Waals surface area (Å²) < 4.78 is 34.4. The Morgan fingerprint density at radius 2 is 1.77 bits per heavy atom. The Balaban J connectivity index is 1.58. The van der Waals surface area contributed by atoms with Gasteiger partial charge in [0.05, 0.1) is 24.6 Å². The number of nitrogens with zero attached hydrogens (tertiary/aromatic N) is 3. The highest BCUT2D eigenvalue weighted by Crippen LogP contribution is 2.22. The van der Waals surface area contributed by atoms with Crippen molar-refractivity contribution >= 4 is 11.5 Å². The van der Waals surface area contributed by atoms with Crippen molar-refractivity contribution in [3.63, 3.8) is 0 Å². The van der Waals surface area contributed by atoms with Crippen LogP contribution in [0.4, 0.5) is 20.3 Å². The van der Waals surface area contributed by atoms with Gasteiger partial charge < -0.3 is 10.1 Å². The van der Waals surface area contributed by atoms with Crippen LogP contribution >= 0.6 is 0 Å². The van der Waals surface area contributed by atoms with Crippen molar-refractivity contribution in [1.82, 2.24) is 14.8 Å². The van der Waals surface area contributed by atoms with Gasteiger partial charge in [0.15, 0.2) is 17.5 Å². The van der Waals surface area contributed by atoms with E-state index in [2.05, 4.69) is 15.4 Å². The third-order valence-corrected chi connectivity index (χ3v) is 4.46. The van der Waals surface area contributed by atoms with Crippen LogP contribution in [-0.2, 0) is 18.0 Å². The lowest BCUT2D eigenvalue weighted by Gasteiger charge is -2.09. The second kappa shape index (κ2) is 8.84. The molecule has 0 aliphatic rings. The molecule has 0 atom stereocenters. The summed E-state index contributed by atoms with van der Waals surface area (Å²) >= 11 is 0. The summed E-state index contributed by atoms with van der Waals surface area (Å²) in [5, 5.41) is 7.59. The number of rotatable bonds is 7. The molecule has 152 valence electrons. The van der Waals surface area contributed by atoms with Gasteiger partial charge >= 0.3 is 0 Å². The first-order valence-electron chi connectivity index (χ1n) is 9.44. The summed E-state index contributed by atoms with van der Waals surface area (Å²) in [6.45, 7) is 2.69. The van der Waals surface area contributed by atoms with Gasteiger partial charge in [0.25, 0.3) is 0 Å². The SMILES string of the molecule is Cc1cc(-n2nc(Nc3ccc(F)c(F)c3)cc2COCc2ccccc2)ccn1. The number of halogens is 2. The fourth-order valence-electron chi connectivity index (χ4n) is 3.04. The minimum atomic E-state index is -0.921. The van der Waals surface area contributed by atoms with E-state index < -0.39 is 11.6 Å². The van der Waals surface area contributed by atoms with Gasteiger partial charge in [-0.15, -0.1) is 5.10 Å². The number of nitrogens with one attached hydrogen (secondary N) is 1. The Morgan fingerprint density at radius 1 is 0.933 bits per heavy atom. The molecule has 0 amide bonds. The molecule has 0 unspecified atom stereocenters. The lowest BCUT2D eigenvalue weighted by atomic mass is 10.2. The highest BCUT2D eigenvalue weighted by Gasteiger charge is 2.12. The topological polar surface area (TPSA) is 52.0 Å². The zero-order valence-corrected chi connectivity index (χ0v) is 16.3. The first kappa shape index (κ1) is 19.7. The molecule has 5 nitrogen and oxygen atoms in total. The molecule has 30 heavy (non-hydrogen) atoms. The average Bonchev–Trinajstić information content (AvgIpc) is 3.14. The van der Waals surface area contributed by atoms with Gasteiger partial charge in [0, 0.05) is 29.7 Å². The Bertz CT molecular complexity index is 1150. The monoisotopic (exact) mass is 406 g/mol. The fourth-order valence-corrected chi connectivity index (χ4v) is 3.04. The van der Waals surface area contributed by atoms with Crippen LogP contribution in [0.25, 0.3) is 5.69 Å². The summed E-state index contributed by atoms with van der Waals surface area (Å²) in [6.07, 6.45) is 1.71. The van der Waals surface area contributed by atoms with Crippen LogP contribution in [0.1, 0.15) is 17.0 Å². The molecule has 0 saturated carbocycles. The largest absolute Gasteiger partial charge is 0.370 e. The van der Waals surface area contributed by atoms with Crippen molar-refractivity contribution < 1.29 is 13.5 Å². The Labute approximate surface area is 173 Å². The average molecular weight is 406 g/mol. The number of ether oxygens (including phenoxy) is 1. The van der Waals surface area contributed by atoms with Gasteiger partial charge in [-0.25, -0.2) is 13.5 Å². The lowest BCUT2D eigenvalue weighted by Crippen LogP contribution is -2.05. The first-order valence-corrected chi connectivity index (χ1v) is 9.44. The molecule has 0 fully saturated rings. The van der Waals surface area contributed by atoms with Crippen LogP contribution in [0.15, 0.2) is 72.9 Å². The van der Waals surface area contributed by atoms with Crippen molar-refractivity contribution in [2.24, 2.45) is 0 Å². The van der Waals surface area contributed by atoms with E-state index in [1.165, 1.54) is 6.07 Å². The number of benzene rings is 2. The fraction of sp³-hybridized carbons (Fsp3) is 0.130. The quantitative estimate of drug-likeness (QED) is 0.452. The van der Waals surface area contributed by atoms with Crippen LogP contribution in [-0.4, -0.2) is 14.8 Å². The summed E-state index contributed by atoms with van der Waals surface area (Å²) in [7, 11) is 0. The molecular formula is C23H20F2N4O. The molecule has 0 aliphatic heterocycles. The summed E-state index contributed by atoms with van der Waals surface area (Å²) in [5.41, 5.74) is 3.97. The van der Waals surface area contributed by atoms with E-state index in [4.69, 9.17) is 4.74 Å². The maximum atomic E-state index is 13.5. The number of aryl methyl sites for hydroxylation is 1. The van der Waals surface area contributed by atoms with E-state index >= 15 is 0 Å². The van der Waals surface area contributed by atoms with Crippen molar-refractivity contribution in [2.45, 2.75) is 20.1 Å². The standard InChI is InChI=1S/C23H20F2N4O/c1-16-11-19(9-10-26-16)29-20(15-30-14-17-5-3-2-4-6-17)13-23(28-29)27-18-7-8-21(24)22(25)12-18/h2-13H,14-15H2,1H3,(H,27,28). The third kappa shape index (κ3) is 4.69. The number of hydrogen-bond acceptors (Lipinski definition) is 4. The lowest BCUT2D eigenvalue weighted by molar-refractivity contribution is 0.103. The van der Waals surface area contributed by atoms with Gasteiger partial charge in [0.1, 0.15) is 0 Å². The molecule has 1 N–H and O–H groups in total. The number of anilines is 2. The Hall–Kier alpha value is -3.58. The van der Waals surface area contributed by atoms with E-state index in [0.29, 0.717) is 24.7 Å². The van der Waals surface area contributed by atoms with E-state index in [1.54, 1.807) is 10.9 Å². The summed E-state index contributed by atoms with van der Waals surface area (Å²) in [6, 6.07) is 19.1. The molecule has 0 aliphatic carbocycles. The van der Waals surface area contributed by atoms with E-state index in [-0.39, 0.29) is 0 Å². The van der Waals surface area contributed by atoms with Gasteiger partial charge in [-0.3, -0.25) is 4.98 Å². The molecule has 2 aromatic carbocycles. The van der Waals surface area contributed by atoms with Gasteiger partial charge in [0.2, 0.25) is 0 Å². The van der Waals surface area contributed by atoms with E-state index in [9.17, 15) is 8.78 Å². The minimum Gasteiger partial charge on any atom is -0.370 e. The summed E-state index contributed by atoms with van der Waals surface area (Å²) in [4.78, 5) is 4.22. The van der Waals surface area contributed by atoms with Crippen molar-refractivity contribution in [3.8, 4) is 5.69 Å². The zero-order valence-electron chi connectivity index (χ0n) is 16.3. The molecule has 0 saturated heterocycles. The molecule has 7 heteroatoms. The van der Waals surface area contributed by atoms with Crippen LogP contribution in [0.3, 0.4) is 0 Å². The van der Waals surface area contributed by atoms with Gasteiger partial charge in [-0.1, -0.05) is 30.3 Å².